The van der Waals surface area contributed by atoms with Gasteiger partial charge in [0.2, 0.25) is 0 Å². The van der Waals surface area contributed by atoms with Crippen molar-refractivity contribution in [2.24, 2.45) is 0 Å². The zero-order chi connectivity index (χ0) is 16.7. The van der Waals surface area contributed by atoms with Crippen molar-refractivity contribution in [1.29, 1.82) is 0 Å². The van der Waals surface area contributed by atoms with Crippen LogP contribution < -0.4 is 9.47 Å². The first-order chi connectivity index (χ1) is 11.1. The van der Waals surface area contributed by atoms with Crippen LogP contribution in [-0.4, -0.2) is 63.7 Å². The highest BCUT2D eigenvalue weighted by molar-refractivity contribution is 5.42. The molecular weight excluding hydrogens is 294 g/mol. The van der Waals surface area contributed by atoms with Gasteiger partial charge >= 0.3 is 0 Å². The molecule has 1 aliphatic rings. The van der Waals surface area contributed by atoms with Gasteiger partial charge in [0.25, 0.3) is 0 Å². The summed E-state index contributed by atoms with van der Waals surface area (Å²) in [7, 11) is 1.66. The van der Waals surface area contributed by atoms with Crippen LogP contribution in [0.1, 0.15) is 19.4 Å². The lowest BCUT2D eigenvalue weighted by Crippen LogP contribution is -2.46. The van der Waals surface area contributed by atoms with Gasteiger partial charge in [-0.2, -0.15) is 0 Å². The fourth-order valence-electron chi connectivity index (χ4n) is 2.87. The van der Waals surface area contributed by atoms with Crippen molar-refractivity contribution in [1.82, 2.24) is 4.90 Å². The molecule has 0 aliphatic carbocycles. The summed E-state index contributed by atoms with van der Waals surface area (Å²) < 4.78 is 22.4. The van der Waals surface area contributed by atoms with Crippen molar-refractivity contribution in [2.75, 3.05) is 46.6 Å². The quantitative estimate of drug-likeness (QED) is 0.688. The highest BCUT2D eigenvalue weighted by atomic mass is 16.5. The average Bonchev–Trinajstić information content (AvgIpc) is 2.50. The molecule has 0 unspecified atom stereocenters. The molecule has 2 rings (SSSR count). The van der Waals surface area contributed by atoms with E-state index in [-0.39, 0.29) is 0 Å². The Hall–Kier alpha value is -1.30. The molecular formula is C18H29NO4. The zero-order valence-electron chi connectivity index (χ0n) is 14.7. The van der Waals surface area contributed by atoms with Crippen LogP contribution in [0, 0.1) is 6.92 Å². The molecule has 1 fully saturated rings. The summed E-state index contributed by atoms with van der Waals surface area (Å²) in [6.45, 7) is 11.0. The van der Waals surface area contributed by atoms with E-state index in [1.54, 1.807) is 7.11 Å². The Morgan fingerprint density at radius 3 is 2.52 bits per heavy atom. The molecule has 5 heteroatoms. The fraction of sp³-hybridized carbons (Fsp3) is 0.667. The lowest BCUT2D eigenvalue weighted by atomic mass is 10.2. The second kappa shape index (κ2) is 9.11. The number of aryl methyl sites for hydroxylation is 1. The SMILES string of the molecule is COc1cc(C)ccc1OCCOCCN1C[C@H](C)O[C@@H](C)C1. The van der Waals surface area contributed by atoms with Gasteiger partial charge in [-0.15, -0.1) is 0 Å². The second-order valence-electron chi connectivity index (χ2n) is 6.13. The molecule has 0 aromatic heterocycles. The van der Waals surface area contributed by atoms with Crippen molar-refractivity contribution in [3.05, 3.63) is 23.8 Å². The highest BCUT2D eigenvalue weighted by Gasteiger charge is 2.21. The third-order valence-electron chi connectivity index (χ3n) is 3.85. The lowest BCUT2D eigenvalue weighted by Gasteiger charge is -2.35. The molecule has 5 nitrogen and oxygen atoms in total. The van der Waals surface area contributed by atoms with Gasteiger partial charge in [-0.25, -0.2) is 0 Å². The molecule has 23 heavy (non-hydrogen) atoms. The normalized spacial score (nSPS) is 22.1. The van der Waals surface area contributed by atoms with Crippen LogP contribution in [0.3, 0.4) is 0 Å². The Balaban J connectivity index is 1.61. The van der Waals surface area contributed by atoms with Gasteiger partial charge in [0, 0.05) is 19.6 Å². The monoisotopic (exact) mass is 323 g/mol. The van der Waals surface area contributed by atoms with Gasteiger partial charge in [-0.05, 0) is 38.5 Å². The van der Waals surface area contributed by atoms with E-state index in [1.165, 1.54) is 0 Å². The van der Waals surface area contributed by atoms with Crippen LogP contribution in [0.25, 0.3) is 0 Å². The first-order valence-electron chi connectivity index (χ1n) is 8.31. The predicted octanol–water partition coefficient (Wildman–Crippen LogP) is 2.51. The molecule has 1 aromatic carbocycles. The number of morpholine rings is 1. The van der Waals surface area contributed by atoms with Crippen LogP contribution in [0.5, 0.6) is 11.5 Å². The van der Waals surface area contributed by atoms with Crippen LogP contribution in [0.15, 0.2) is 18.2 Å². The van der Waals surface area contributed by atoms with E-state index in [1.807, 2.05) is 25.1 Å². The summed E-state index contributed by atoms with van der Waals surface area (Å²) in [6.07, 6.45) is 0.604. The third-order valence-corrected chi connectivity index (χ3v) is 3.85. The van der Waals surface area contributed by atoms with Crippen LogP contribution in [-0.2, 0) is 9.47 Å². The van der Waals surface area contributed by atoms with Crippen molar-refractivity contribution in [3.8, 4) is 11.5 Å². The Morgan fingerprint density at radius 1 is 1.09 bits per heavy atom. The maximum atomic E-state index is 5.73. The number of methoxy groups -OCH3 is 1. The number of rotatable bonds is 8. The van der Waals surface area contributed by atoms with Crippen LogP contribution in [0.4, 0.5) is 0 Å². The van der Waals surface area contributed by atoms with Gasteiger partial charge in [0.1, 0.15) is 6.61 Å². The van der Waals surface area contributed by atoms with Crippen molar-refractivity contribution in [3.63, 3.8) is 0 Å². The Kier molecular flexibility index (Phi) is 7.15. The Morgan fingerprint density at radius 2 is 1.83 bits per heavy atom. The lowest BCUT2D eigenvalue weighted by molar-refractivity contribution is -0.0734. The van der Waals surface area contributed by atoms with E-state index in [9.17, 15) is 0 Å². The zero-order valence-corrected chi connectivity index (χ0v) is 14.7. The second-order valence-corrected chi connectivity index (χ2v) is 6.13. The predicted molar refractivity (Wildman–Crippen MR) is 90.5 cm³/mol. The van der Waals surface area contributed by atoms with E-state index in [0.717, 1.165) is 36.7 Å². The van der Waals surface area contributed by atoms with Gasteiger partial charge in [0.05, 0.1) is 32.5 Å². The molecule has 0 amide bonds. The summed E-state index contributed by atoms with van der Waals surface area (Å²) in [4.78, 5) is 2.39. The number of benzene rings is 1. The highest BCUT2D eigenvalue weighted by Crippen LogP contribution is 2.27. The molecule has 1 aromatic rings. The Bertz CT molecular complexity index is 470. The maximum Gasteiger partial charge on any atom is 0.161 e. The Labute approximate surface area is 139 Å². The standard InChI is InChI=1S/C18H29NO4/c1-14-5-6-17(18(11-14)20-4)22-10-9-21-8-7-19-12-15(2)23-16(3)13-19/h5-6,11,15-16H,7-10,12-13H2,1-4H3/t15-,16-/m0/s1. The summed E-state index contributed by atoms with van der Waals surface area (Å²) in [5.41, 5.74) is 1.15. The number of nitrogens with zero attached hydrogens (tertiary/aromatic N) is 1. The van der Waals surface area contributed by atoms with E-state index in [4.69, 9.17) is 18.9 Å². The first-order valence-corrected chi connectivity index (χ1v) is 8.31. The van der Waals surface area contributed by atoms with Gasteiger partial charge in [0.15, 0.2) is 11.5 Å². The summed E-state index contributed by atoms with van der Waals surface area (Å²) in [6, 6.07) is 5.92. The van der Waals surface area contributed by atoms with E-state index >= 15 is 0 Å². The summed E-state index contributed by atoms with van der Waals surface area (Å²) >= 11 is 0. The molecule has 1 aliphatic heterocycles. The molecule has 0 bridgehead atoms. The van der Waals surface area contributed by atoms with E-state index in [2.05, 4.69) is 18.7 Å². The topological polar surface area (TPSA) is 40.2 Å². The smallest absolute Gasteiger partial charge is 0.161 e. The minimum absolute atomic E-state index is 0.302. The largest absolute Gasteiger partial charge is 0.493 e. The third kappa shape index (κ3) is 6.01. The summed E-state index contributed by atoms with van der Waals surface area (Å²) in [5.74, 6) is 1.53. The van der Waals surface area contributed by atoms with E-state index in [0.29, 0.717) is 32.0 Å². The fourth-order valence-corrected chi connectivity index (χ4v) is 2.87. The molecule has 0 saturated carbocycles. The minimum atomic E-state index is 0.302. The van der Waals surface area contributed by atoms with Gasteiger partial charge in [-0.1, -0.05) is 6.07 Å². The number of hydrogen-bond donors (Lipinski definition) is 0. The van der Waals surface area contributed by atoms with E-state index < -0.39 is 0 Å². The maximum absolute atomic E-state index is 5.73. The number of ether oxygens (including phenoxy) is 4. The molecule has 0 spiro atoms. The minimum Gasteiger partial charge on any atom is -0.493 e. The average molecular weight is 323 g/mol. The molecule has 1 saturated heterocycles. The van der Waals surface area contributed by atoms with Crippen LogP contribution >= 0.6 is 0 Å². The molecule has 130 valence electrons. The molecule has 0 radical (unpaired) electrons. The van der Waals surface area contributed by atoms with Crippen molar-refractivity contribution < 1.29 is 18.9 Å². The number of hydrogen-bond acceptors (Lipinski definition) is 5. The molecule has 0 N–H and O–H groups in total. The summed E-state index contributed by atoms with van der Waals surface area (Å²) in [5, 5.41) is 0. The van der Waals surface area contributed by atoms with Crippen molar-refractivity contribution in [2.45, 2.75) is 33.0 Å². The van der Waals surface area contributed by atoms with Crippen LogP contribution in [0.2, 0.25) is 0 Å². The van der Waals surface area contributed by atoms with Crippen molar-refractivity contribution >= 4 is 0 Å². The van der Waals surface area contributed by atoms with Gasteiger partial charge < -0.3 is 18.9 Å². The molecule has 1 heterocycles. The molecule has 2 atom stereocenters. The van der Waals surface area contributed by atoms with Gasteiger partial charge in [-0.3, -0.25) is 4.90 Å². The first kappa shape index (κ1) is 18.0.